The lowest BCUT2D eigenvalue weighted by atomic mass is 10.0. The van der Waals surface area contributed by atoms with Gasteiger partial charge in [-0.2, -0.15) is 0 Å². The van der Waals surface area contributed by atoms with E-state index < -0.39 is 0 Å². The molecular weight excluding hydrogens is 204 g/mol. The number of rotatable bonds is 5. The summed E-state index contributed by atoms with van der Waals surface area (Å²) in [5.74, 6) is 0.402. The van der Waals surface area contributed by atoms with Gasteiger partial charge in [-0.15, -0.1) is 0 Å². The van der Waals surface area contributed by atoms with E-state index in [2.05, 4.69) is 12.2 Å². The molecule has 16 heavy (non-hydrogen) atoms. The largest absolute Gasteiger partial charge is 0.396 e. The van der Waals surface area contributed by atoms with E-state index in [0.717, 1.165) is 38.8 Å². The Bertz CT molecular complexity index is 203. The van der Waals surface area contributed by atoms with Crippen LogP contribution in [-0.4, -0.2) is 42.3 Å². The van der Waals surface area contributed by atoms with E-state index >= 15 is 0 Å². The molecule has 0 saturated carbocycles. The van der Waals surface area contributed by atoms with Crippen LogP contribution in [0.4, 0.5) is 4.79 Å². The minimum absolute atomic E-state index is 0.0658. The van der Waals surface area contributed by atoms with Crippen LogP contribution in [0, 0.1) is 5.92 Å². The first-order valence-electron chi connectivity index (χ1n) is 6.41. The van der Waals surface area contributed by atoms with Gasteiger partial charge in [-0.05, 0) is 31.6 Å². The number of amides is 2. The number of hydrogen-bond donors (Lipinski definition) is 2. The average molecular weight is 228 g/mol. The Morgan fingerprint density at radius 3 is 2.62 bits per heavy atom. The Morgan fingerprint density at radius 2 is 2.06 bits per heavy atom. The van der Waals surface area contributed by atoms with Crippen LogP contribution in [0.5, 0.6) is 0 Å². The highest BCUT2D eigenvalue weighted by molar-refractivity contribution is 5.74. The van der Waals surface area contributed by atoms with Gasteiger partial charge in [0, 0.05) is 26.2 Å². The molecule has 1 saturated heterocycles. The molecule has 4 heteroatoms. The lowest BCUT2D eigenvalue weighted by Gasteiger charge is -2.27. The third kappa shape index (κ3) is 4.39. The standard InChI is InChI=1S/C12H24N2O2/c1-2-11(6-9-15)10-13-12(16)14-7-4-3-5-8-14/h11,15H,2-10H2,1H3,(H,13,16). The van der Waals surface area contributed by atoms with Crippen LogP contribution in [-0.2, 0) is 0 Å². The zero-order valence-corrected chi connectivity index (χ0v) is 10.2. The van der Waals surface area contributed by atoms with Gasteiger partial charge in [0.05, 0.1) is 0 Å². The van der Waals surface area contributed by atoms with E-state index in [1.807, 2.05) is 4.90 Å². The molecule has 1 aliphatic rings. The van der Waals surface area contributed by atoms with E-state index in [9.17, 15) is 4.79 Å². The van der Waals surface area contributed by atoms with Gasteiger partial charge in [-0.1, -0.05) is 13.3 Å². The van der Waals surface area contributed by atoms with Gasteiger partial charge in [0.1, 0.15) is 0 Å². The number of likely N-dealkylation sites (tertiary alicyclic amines) is 1. The third-order valence-electron chi connectivity index (χ3n) is 3.30. The Hall–Kier alpha value is -0.770. The van der Waals surface area contributed by atoms with E-state index in [1.54, 1.807) is 0 Å². The smallest absolute Gasteiger partial charge is 0.317 e. The van der Waals surface area contributed by atoms with Gasteiger partial charge in [0.15, 0.2) is 0 Å². The first-order chi connectivity index (χ1) is 7.77. The molecule has 1 heterocycles. The molecule has 0 spiro atoms. The molecule has 4 nitrogen and oxygen atoms in total. The minimum atomic E-state index is 0.0658. The Balaban J connectivity index is 2.22. The van der Waals surface area contributed by atoms with Crippen molar-refractivity contribution in [2.45, 2.75) is 39.0 Å². The molecule has 0 aromatic rings. The van der Waals surface area contributed by atoms with Gasteiger partial charge in [-0.25, -0.2) is 4.79 Å². The zero-order chi connectivity index (χ0) is 11.8. The Morgan fingerprint density at radius 1 is 1.38 bits per heavy atom. The molecule has 0 aliphatic carbocycles. The molecule has 0 aromatic carbocycles. The van der Waals surface area contributed by atoms with Crippen molar-refractivity contribution in [2.75, 3.05) is 26.2 Å². The van der Waals surface area contributed by atoms with Crippen molar-refractivity contribution < 1.29 is 9.90 Å². The van der Waals surface area contributed by atoms with Crippen LogP contribution in [0.1, 0.15) is 39.0 Å². The summed E-state index contributed by atoms with van der Waals surface area (Å²) < 4.78 is 0. The van der Waals surface area contributed by atoms with Crippen molar-refractivity contribution in [3.8, 4) is 0 Å². The maximum absolute atomic E-state index is 11.8. The van der Waals surface area contributed by atoms with Gasteiger partial charge in [-0.3, -0.25) is 0 Å². The predicted molar refractivity (Wildman–Crippen MR) is 64.3 cm³/mol. The number of nitrogens with zero attached hydrogens (tertiary/aromatic N) is 1. The number of carbonyl (C=O) groups excluding carboxylic acids is 1. The Kier molecular flexibility index (Phi) is 6.23. The molecule has 2 amide bonds. The molecule has 1 unspecified atom stereocenters. The second kappa shape index (κ2) is 7.49. The van der Waals surface area contributed by atoms with Crippen LogP contribution >= 0.6 is 0 Å². The number of hydrogen-bond acceptors (Lipinski definition) is 2. The van der Waals surface area contributed by atoms with E-state index in [-0.39, 0.29) is 12.6 Å². The summed E-state index contributed by atoms with van der Waals surface area (Å²) in [6, 6.07) is 0.0658. The summed E-state index contributed by atoms with van der Waals surface area (Å²) in [5.41, 5.74) is 0. The summed E-state index contributed by atoms with van der Waals surface area (Å²) in [7, 11) is 0. The van der Waals surface area contributed by atoms with E-state index in [4.69, 9.17) is 5.11 Å². The maximum atomic E-state index is 11.8. The van der Waals surface area contributed by atoms with Crippen molar-refractivity contribution in [3.63, 3.8) is 0 Å². The number of nitrogens with one attached hydrogen (secondary N) is 1. The van der Waals surface area contributed by atoms with Crippen molar-refractivity contribution in [3.05, 3.63) is 0 Å². The first kappa shape index (κ1) is 13.3. The summed E-state index contributed by atoms with van der Waals surface area (Å²) in [6.45, 7) is 4.77. The third-order valence-corrected chi connectivity index (χ3v) is 3.30. The SMILES string of the molecule is CCC(CCO)CNC(=O)N1CCCCC1. The highest BCUT2D eigenvalue weighted by Crippen LogP contribution is 2.09. The zero-order valence-electron chi connectivity index (χ0n) is 10.2. The Labute approximate surface area is 98.0 Å². The van der Waals surface area contributed by atoms with Crippen molar-refractivity contribution >= 4 is 6.03 Å². The van der Waals surface area contributed by atoms with Crippen molar-refractivity contribution in [1.29, 1.82) is 0 Å². The lowest BCUT2D eigenvalue weighted by molar-refractivity contribution is 0.182. The van der Waals surface area contributed by atoms with Gasteiger partial charge in [0.25, 0.3) is 0 Å². The van der Waals surface area contributed by atoms with Crippen molar-refractivity contribution in [1.82, 2.24) is 10.2 Å². The van der Waals surface area contributed by atoms with E-state index in [1.165, 1.54) is 6.42 Å². The second-order valence-corrected chi connectivity index (χ2v) is 4.52. The number of piperidine rings is 1. The molecule has 1 rings (SSSR count). The molecule has 0 aromatic heterocycles. The fourth-order valence-corrected chi connectivity index (χ4v) is 2.07. The van der Waals surface area contributed by atoms with Crippen LogP contribution in [0.15, 0.2) is 0 Å². The molecule has 2 N–H and O–H groups in total. The molecule has 1 atom stereocenters. The van der Waals surface area contributed by atoms with Gasteiger partial charge in [0.2, 0.25) is 0 Å². The lowest BCUT2D eigenvalue weighted by Crippen LogP contribution is -2.44. The summed E-state index contributed by atoms with van der Waals surface area (Å²) in [4.78, 5) is 13.7. The highest BCUT2D eigenvalue weighted by atomic mass is 16.3. The minimum Gasteiger partial charge on any atom is -0.396 e. The topological polar surface area (TPSA) is 52.6 Å². The van der Waals surface area contributed by atoms with Crippen LogP contribution in [0.25, 0.3) is 0 Å². The highest BCUT2D eigenvalue weighted by Gasteiger charge is 2.16. The molecule has 94 valence electrons. The fraction of sp³-hybridized carbons (Fsp3) is 0.917. The number of aliphatic hydroxyl groups is 1. The molecular formula is C12H24N2O2. The summed E-state index contributed by atoms with van der Waals surface area (Å²) in [6.07, 6.45) is 5.27. The molecule has 0 radical (unpaired) electrons. The van der Waals surface area contributed by atoms with Crippen LogP contribution in [0.3, 0.4) is 0 Å². The van der Waals surface area contributed by atoms with Crippen LogP contribution in [0.2, 0.25) is 0 Å². The first-order valence-corrected chi connectivity index (χ1v) is 6.41. The number of urea groups is 1. The van der Waals surface area contributed by atoms with Gasteiger partial charge < -0.3 is 15.3 Å². The van der Waals surface area contributed by atoms with E-state index in [0.29, 0.717) is 12.5 Å². The van der Waals surface area contributed by atoms with Gasteiger partial charge >= 0.3 is 6.03 Å². The maximum Gasteiger partial charge on any atom is 0.317 e. The fourth-order valence-electron chi connectivity index (χ4n) is 2.07. The summed E-state index contributed by atoms with van der Waals surface area (Å²) >= 11 is 0. The molecule has 1 fully saturated rings. The summed E-state index contributed by atoms with van der Waals surface area (Å²) in [5, 5.41) is 11.8. The van der Waals surface area contributed by atoms with Crippen molar-refractivity contribution in [2.24, 2.45) is 5.92 Å². The molecule has 0 bridgehead atoms. The quantitative estimate of drug-likeness (QED) is 0.751. The normalized spacial score (nSPS) is 18.2. The van der Waals surface area contributed by atoms with Crippen LogP contribution < -0.4 is 5.32 Å². The predicted octanol–water partition coefficient (Wildman–Crippen LogP) is 1.59. The monoisotopic (exact) mass is 228 g/mol. The number of carbonyl (C=O) groups is 1. The average Bonchev–Trinajstić information content (AvgIpc) is 2.35. The molecule has 1 aliphatic heterocycles. The second-order valence-electron chi connectivity index (χ2n) is 4.52. The number of aliphatic hydroxyl groups excluding tert-OH is 1.